The molecule has 2 aromatic carbocycles. The van der Waals surface area contributed by atoms with Crippen molar-refractivity contribution in [1.82, 2.24) is 0 Å². The van der Waals surface area contributed by atoms with Gasteiger partial charge in [-0.2, -0.15) is 0 Å². The van der Waals surface area contributed by atoms with Gasteiger partial charge in [0.05, 0.1) is 20.5 Å². The normalized spacial score (nSPS) is 14.6. The van der Waals surface area contributed by atoms with Crippen LogP contribution in [-0.4, -0.2) is 32.5 Å². The first-order valence-electron chi connectivity index (χ1n) is 9.58. The van der Waals surface area contributed by atoms with Gasteiger partial charge in [-0.25, -0.2) is 0 Å². The van der Waals surface area contributed by atoms with Crippen molar-refractivity contribution in [2.45, 2.75) is 6.61 Å². The van der Waals surface area contributed by atoms with Gasteiger partial charge in [-0.3, -0.25) is 9.59 Å². The number of amides is 1. The van der Waals surface area contributed by atoms with Gasteiger partial charge in [0.2, 0.25) is 11.7 Å². The second-order valence-corrected chi connectivity index (χ2v) is 6.96. The number of hydrogen-bond donors (Lipinski definition) is 1. The lowest BCUT2D eigenvalue weighted by molar-refractivity contribution is -0.109. The fourth-order valence-corrected chi connectivity index (χ4v) is 3.58. The van der Waals surface area contributed by atoms with Crippen LogP contribution < -0.4 is 19.9 Å². The molecule has 0 spiro atoms. The number of nitrogens with two attached hydrogens (primary N) is 1. The Morgan fingerprint density at radius 2 is 1.81 bits per heavy atom. The SMILES string of the molecule is COc1ccc(C2=C3COC=C3C=CC2=O)c(OCc2ccc(C(N)=O)cc2)c1OC. The van der Waals surface area contributed by atoms with Gasteiger partial charge in [-0.1, -0.05) is 12.1 Å². The molecule has 2 aliphatic rings. The molecule has 2 aromatic rings. The molecule has 1 amide bonds. The molecule has 0 saturated heterocycles. The summed E-state index contributed by atoms with van der Waals surface area (Å²) in [6.07, 6.45) is 4.90. The highest BCUT2D eigenvalue weighted by Gasteiger charge is 2.29. The van der Waals surface area contributed by atoms with Crippen LogP contribution in [0, 0.1) is 0 Å². The maximum atomic E-state index is 12.8. The van der Waals surface area contributed by atoms with Gasteiger partial charge in [0.1, 0.15) is 13.2 Å². The molecule has 1 aliphatic heterocycles. The third kappa shape index (κ3) is 3.77. The molecule has 0 saturated carbocycles. The molecular weight excluding hydrogens is 398 g/mol. The first-order valence-corrected chi connectivity index (χ1v) is 9.58. The maximum absolute atomic E-state index is 12.8. The van der Waals surface area contributed by atoms with E-state index in [9.17, 15) is 9.59 Å². The number of fused-ring (bicyclic) bond motifs is 1. The number of rotatable bonds is 7. The number of primary amides is 1. The molecule has 0 unspecified atom stereocenters. The fraction of sp³-hybridized carbons (Fsp3) is 0.167. The van der Waals surface area contributed by atoms with Crippen LogP contribution in [0.25, 0.3) is 5.57 Å². The Bertz CT molecular complexity index is 1140. The van der Waals surface area contributed by atoms with Crippen molar-refractivity contribution >= 4 is 17.3 Å². The molecule has 31 heavy (non-hydrogen) atoms. The molecule has 158 valence electrons. The van der Waals surface area contributed by atoms with E-state index in [1.807, 2.05) is 0 Å². The van der Waals surface area contributed by atoms with E-state index in [0.717, 1.165) is 16.7 Å². The zero-order valence-electron chi connectivity index (χ0n) is 17.1. The number of carbonyl (C=O) groups is 2. The lowest BCUT2D eigenvalue weighted by atomic mass is 9.88. The summed E-state index contributed by atoms with van der Waals surface area (Å²) in [6.45, 7) is 0.491. The van der Waals surface area contributed by atoms with E-state index in [4.69, 9.17) is 24.7 Å². The number of hydrogen-bond acceptors (Lipinski definition) is 6. The second kappa shape index (κ2) is 8.39. The molecule has 0 radical (unpaired) electrons. The van der Waals surface area contributed by atoms with Crippen LogP contribution in [0.4, 0.5) is 0 Å². The van der Waals surface area contributed by atoms with Gasteiger partial charge in [0, 0.05) is 27.8 Å². The minimum atomic E-state index is -0.496. The van der Waals surface area contributed by atoms with Crippen molar-refractivity contribution in [2.24, 2.45) is 5.73 Å². The molecule has 1 aliphatic carbocycles. The monoisotopic (exact) mass is 419 g/mol. The first kappa shape index (κ1) is 20.3. The van der Waals surface area contributed by atoms with Crippen LogP contribution in [0.2, 0.25) is 0 Å². The number of carbonyl (C=O) groups excluding carboxylic acids is 2. The molecular formula is C24H21NO6. The second-order valence-electron chi connectivity index (χ2n) is 6.96. The molecule has 7 heteroatoms. The minimum Gasteiger partial charge on any atom is -0.496 e. The van der Waals surface area contributed by atoms with Crippen molar-refractivity contribution < 1.29 is 28.5 Å². The highest BCUT2D eigenvalue weighted by Crippen LogP contribution is 2.45. The van der Waals surface area contributed by atoms with Gasteiger partial charge in [-0.05, 0) is 42.0 Å². The Morgan fingerprint density at radius 3 is 2.48 bits per heavy atom. The Labute approximate surface area is 179 Å². The Hall–Kier alpha value is -4.00. The number of methoxy groups -OCH3 is 2. The summed E-state index contributed by atoms with van der Waals surface area (Å²) in [6, 6.07) is 10.3. The van der Waals surface area contributed by atoms with Crippen molar-refractivity contribution in [2.75, 3.05) is 20.8 Å². The summed E-state index contributed by atoms with van der Waals surface area (Å²) in [4.78, 5) is 24.1. The average Bonchev–Trinajstić information content (AvgIpc) is 3.26. The third-order valence-electron chi connectivity index (χ3n) is 5.14. The summed E-state index contributed by atoms with van der Waals surface area (Å²) in [5.41, 5.74) is 9.28. The van der Waals surface area contributed by atoms with Crippen LogP contribution in [0.5, 0.6) is 17.2 Å². The Morgan fingerprint density at radius 1 is 1.03 bits per heavy atom. The van der Waals surface area contributed by atoms with E-state index in [1.54, 1.807) is 48.7 Å². The van der Waals surface area contributed by atoms with E-state index < -0.39 is 5.91 Å². The molecule has 0 bridgehead atoms. The van der Waals surface area contributed by atoms with E-state index in [0.29, 0.717) is 40.6 Å². The quantitative estimate of drug-likeness (QED) is 0.740. The van der Waals surface area contributed by atoms with E-state index in [2.05, 4.69) is 0 Å². The molecule has 1 heterocycles. The highest BCUT2D eigenvalue weighted by molar-refractivity contribution is 6.29. The van der Waals surface area contributed by atoms with Crippen LogP contribution in [0.1, 0.15) is 21.5 Å². The third-order valence-corrected chi connectivity index (χ3v) is 5.14. The lowest BCUT2D eigenvalue weighted by Gasteiger charge is -2.21. The topological polar surface area (TPSA) is 97.1 Å². The molecule has 4 rings (SSSR count). The Balaban J connectivity index is 1.76. The van der Waals surface area contributed by atoms with Crippen molar-refractivity contribution in [3.63, 3.8) is 0 Å². The molecule has 0 fully saturated rings. The largest absolute Gasteiger partial charge is 0.496 e. The van der Waals surface area contributed by atoms with Crippen LogP contribution in [0.3, 0.4) is 0 Å². The summed E-state index contributed by atoms with van der Waals surface area (Å²) in [5, 5.41) is 0. The summed E-state index contributed by atoms with van der Waals surface area (Å²) < 4.78 is 22.6. The van der Waals surface area contributed by atoms with Crippen LogP contribution in [0.15, 0.2) is 66.0 Å². The molecule has 0 aromatic heterocycles. The zero-order valence-corrected chi connectivity index (χ0v) is 17.1. The molecule has 0 atom stereocenters. The number of allylic oxidation sites excluding steroid dienone is 3. The van der Waals surface area contributed by atoms with Gasteiger partial charge >= 0.3 is 0 Å². The first-order chi connectivity index (χ1) is 15.0. The minimum absolute atomic E-state index is 0.138. The summed E-state index contributed by atoms with van der Waals surface area (Å²) in [7, 11) is 3.05. The predicted molar refractivity (Wildman–Crippen MR) is 114 cm³/mol. The lowest BCUT2D eigenvalue weighted by Crippen LogP contribution is -2.12. The van der Waals surface area contributed by atoms with Gasteiger partial charge < -0.3 is 24.7 Å². The van der Waals surface area contributed by atoms with Gasteiger partial charge in [0.15, 0.2) is 17.3 Å². The maximum Gasteiger partial charge on any atom is 0.248 e. The molecule has 2 N–H and O–H groups in total. The highest BCUT2D eigenvalue weighted by atomic mass is 16.5. The van der Waals surface area contributed by atoms with Gasteiger partial charge in [0.25, 0.3) is 0 Å². The standard InChI is InChI=1S/C24H21NO6/c1-28-20-10-8-17(21-18-13-30-12-16(18)7-9-19(21)26)22(23(20)29-2)31-11-14-3-5-15(6-4-14)24(25)27/h3-10,12H,11,13H2,1-2H3,(H2,25,27). The number of ether oxygens (including phenoxy) is 4. The van der Waals surface area contributed by atoms with Crippen LogP contribution >= 0.6 is 0 Å². The van der Waals surface area contributed by atoms with E-state index in [1.165, 1.54) is 20.3 Å². The Kier molecular flexibility index (Phi) is 5.49. The van der Waals surface area contributed by atoms with Crippen molar-refractivity contribution in [1.29, 1.82) is 0 Å². The van der Waals surface area contributed by atoms with Gasteiger partial charge in [-0.15, -0.1) is 0 Å². The van der Waals surface area contributed by atoms with Crippen molar-refractivity contribution in [3.8, 4) is 17.2 Å². The summed E-state index contributed by atoms with van der Waals surface area (Å²) in [5.74, 6) is 0.615. The summed E-state index contributed by atoms with van der Waals surface area (Å²) >= 11 is 0. The number of benzene rings is 2. The van der Waals surface area contributed by atoms with Crippen molar-refractivity contribution in [3.05, 3.63) is 82.6 Å². The molecule has 7 nitrogen and oxygen atoms in total. The average molecular weight is 419 g/mol. The predicted octanol–water partition coefficient (Wildman–Crippen LogP) is 3.19. The van der Waals surface area contributed by atoms with Crippen LogP contribution in [-0.2, 0) is 16.1 Å². The zero-order chi connectivity index (χ0) is 22.0. The van der Waals surface area contributed by atoms with E-state index in [-0.39, 0.29) is 12.4 Å². The smallest absolute Gasteiger partial charge is 0.248 e. The fourth-order valence-electron chi connectivity index (χ4n) is 3.58. The van der Waals surface area contributed by atoms with E-state index >= 15 is 0 Å². The number of ketones is 1.